The highest BCUT2D eigenvalue weighted by atomic mass is 79.9. The number of hydrazone groups is 1. The number of aromatic nitrogens is 1. The van der Waals surface area contributed by atoms with Crippen molar-refractivity contribution in [2.45, 2.75) is 39.2 Å². The molecule has 1 aliphatic carbocycles. The van der Waals surface area contributed by atoms with Gasteiger partial charge in [-0.3, -0.25) is 0 Å². The van der Waals surface area contributed by atoms with E-state index in [-0.39, 0.29) is 17.6 Å². The minimum absolute atomic E-state index is 0.00669. The normalized spacial score (nSPS) is 18.8. The van der Waals surface area contributed by atoms with Crippen LogP contribution in [0, 0.1) is 5.92 Å². The van der Waals surface area contributed by atoms with Crippen LogP contribution in [0.5, 0.6) is 0 Å². The lowest BCUT2D eigenvalue weighted by Crippen LogP contribution is -2.28. The van der Waals surface area contributed by atoms with E-state index in [0.717, 1.165) is 68.1 Å². The summed E-state index contributed by atoms with van der Waals surface area (Å²) in [5, 5.41) is 9.01. The van der Waals surface area contributed by atoms with E-state index >= 15 is 0 Å². The molecule has 7 rings (SSSR count). The molecule has 1 saturated carbocycles. The van der Waals surface area contributed by atoms with Crippen LogP contribution in [-0.4, -0.2) is 23.8 Å². The van der Waals surface area contributed by atoms with Crippen LogP contribution in [0.15, 0.2) is 108 Å². The number of rotatable bonds is 7. The second-order valence-electron chi connectivity index (χ2n) is 11.4. The van der Waals surface area contributed by atoms with E-state index in [4.69, 9.17) is 14.5 Å². The summed E-state index contributed by atoms with van der Waals surface area (Å²) < 4.78 is 7.97. The van der Waals surface area contributed by atoms with Crippen molar-refractivity contribution in [1.29, 1.82) is 0 Å². The van der Waals surface area contributed by atoms with E-state index in [2.05, 4.69) is 116 Å². The van der Waals surface area contributed by atoms with Gasteiger partial charge in [0.05, 0.1) is 22.2 Å². The van der Waals surface area contributed by atoms with Gasteiger partial charge in [-0.15, -0.1) is 0 Å². The summed E-state index contributed by atoms with van der Waals surface area (Å²) in [6, 6.07) is 24.9. The first kappa shape index (κ1) is 30.1. The molecular weight excluding hydrogens is 712 g/mol. The van der Waals surface area contributed by atoms with Crippen molar-refractivity contribution < 1.29 is 4.42 Å². The first-order valence-electron chi connectivity index (χ1n) is 15.3. The van der Waals surface area contributed by atoms with Crippen LogP contribution in [-0.2, 0) is 0 Å². The van der Waals surface area contributed by atoms with Crippen LogP contribution in [0.4, 0.5) is 10.8 Å². The van der Waals surface area contributed by atoms with Gasteiger partial charge in [-0.2, -0.15) is 5.10 Å². The lowest BCUT2D eigenvalue weighted by Gasteiger charge is -2.29. The Bertz CT molecular complexity index is 1980. The Balaban J connectivity index is 1.27. The third kappa shape index (κ3) is 5.93. The molecule has 0 bridgehead atoms. The first-order chi connectivity index (χ1) is 21.9. The summed E-state index contributed by atoms with van der Waals surface area (Å²) >= 11 is 8.63. The topological polar surface area (TPSA) is 61.9 Å². The molecule has 2 atom stereocenters. The van der Waals surface area contributed by atoms with Gasteiger partial charge in [0.2, 0.25) is 5.13 Å². The van der Waals surface area contributed by atoms with Gasteiger partial charge in [0.15, 0.2) is 0 Å². The number of hydrogen-bond donors (Lipinski definition) is 0. The fourth-order valence-corrected chi connectivity index (χ4v) is 7.90. The highest BCUT2D eigenvalue weighted by Gasteiger charge is 2.43. The fraction of sp³-hybridized carbons (Fsp3) is 0.250. The van der Waals surface area contributed by atoms with Crippen LogP contribution in [0.1, 0.15) is 50.3 Å². The van der Waals surface area contributed by atoms with Gasteiger partial charge in [0, 0.05) is 51.3 Å². The van der Waals surface area contributed by atoms with Crippen LogP contribution in [0.2, 0.25) is 0 Å². The molecule has 2 aromatic heterocycles. The smallest absolute Gasteiger partial charge is 0.345 e. The largest absolute Gasteiger partial charge is 0.422 e. The maximum Gasteiger partial charge on any atom is 0.345 e. The molecule has 1 aliphatic heterocycles. The second-order valence-corrected chi connectivity index (χ2v) is 14.2. The molecule has 228 valence electrons. The summed E-state index contributed by atoms with van der Waals surface area (Å²) in [6.45, 7) is 6.02. The molecule has 1 fully saturated rings. The molecule has 0 radical (unpaired) electrons. The van der Waals surface area contributed by atoms with Gasteiger partial charge >= 0.3 is 5.63 Å². The van der Waals surface area contributed by atoms with Crippen LogP contribution in [0.25, 0.3) is 27.5 Å². The third-order valence-corrected chi connectivity index (χ3v) is 10.8. The minimum atomic E-state index is -0.361. The zero-order valence-corrected chi connectivity index (χ0v) is 29.0. The number of benzene rings is 3. The summed E-state index contributed by atoms with van der Waals surface area (Å²) in [5.41, 5.74) is 6.55. The van der Waals surface area contributed by atoms with Gasteiger partial charge in [0.25, 0.3) is 0 Å². The molecule has 2 unspecified atom stereocenters. The van der Waals surface area contributed by atoms with E-state index in [9.17, 15) is 4.79 Å². The molecule has 45 heavy (non-hydrogen) atoms. The molecule has 0 spiro atoms. The van der Waals surface area contributed by atoms with Crippen molar-refractivity contribution in [2.24, 2.45) is 11.0 Å². The average Bonchev–Trinajstić information content (AvgIpc) is 3.69. The van der Waals surface area contributed by atoms with Crippen LogP contribution >= 0.6 is 43.2 Å². The monoisotopic (exact) mass is 742 g/mol. The predicted molar refractivity (Wildman–Crippen MR) is 193 cm³/mol. The first-order valence-corrected chi connectivity index (χ1v) is 17.7. The highest BCUT2D eigenvalue weighted by molar-refractivity contribution is 9.10. The van der Waals surface area contributed by atoms with Crippen molar-refractivity contribution >= 4 is 76.8 Å². The molecule has 2 aliphatic rings. The summed E-state index contributed by atoms with van der Waals surface area (Å²) in [7, 11) is 0. The number of halogens is 2. The molecule has 0 saturated heterocycles. The number of allylic oxidation sites excluding steroid dienone is 1. The quantitative estimate of drug-likeness (QED) is 0.155. The van der Waals surface area contributed by atoms with Gasteiger partial charge < -0.3 is 9.32 Å². The van der Waals surface area contributed by atoms with Crippen molar-refractivity contribution in [3.8, 4) is 10.4 Å². The molecule has 3 heterocycles. The van der Waals surface area contributed by atoms with E-state index in [1.165, 1.54) is 28.0 Å². The number of nitrogens with zero attached hydrogens (tertiary/aromatic N) is 4. The Labute approximate surface area is 283 Å². The number of hydrogen-bond acceptors (Lipinski definition) is 7. The number of thiazole rings is 1. The van der Waals surface area contributed by atoms with E-state index < -0.39 is 0 Å². The van der Waals surface area contributed by atoms with Crippen molar-refractivity contribution in [1.82, 2.24) is 4.98 Å². The lowest BCUT2D eigenvalue weighted by molar-refractivity contribution is 0.487. The Hall–Kier alpha value is -3.53. The highest BCUT2D eigenvalue weighted by Crippen LogP contribution is 2.48. The van der Waals surface area contributed by atoms with Gasteiger partial charge in [-0.25, -0.2) is 14.8 Å². The predicted octanol–water partition coefficient (Wildman–Crippen LogP) is 10.1. The van der Waals surface area contributed by atoms with Crippen molar-refractivity contribution in [3.05, 3.63) is 115 Å². The molecule has 3 aromatic carbocycles. The summed E-state index contributed by atoms with van der Waals surface area (Å²) in [4.78, 5) is 21.1. The zero-order chi connectivity index (χ0) is 31.1. The second kappa shape index (κ2) is 12.7. The summed E-state index contributed by atoms with van der Waals surface area (Å²) in [6.07, 6.45) is 7.20. The molecule has 0 N–H and O–H groups in total. The maximum absolute atomic E-state index is 13.3. The third-order valence-electron chi connectivity index (χ3n) is 8.73. The van der Waals surface area contributed by atoms with Gasteiger partial charge in [-0.05, 0) is 98.4 Å². The van der Waals surface area contributed by atoms with E-state index in [0.29, 0.717) is 11.1 Å². The molecule has 6 nitrogen and oxygen atoms in total. The minimum Gasteiger partial charge on any atom is -0.422 e. The summed E-state index contributed by atoms with van der Waals surface area (Å²) in [5.74, 6) is 0.236. The average molecular weight is 745 g/mol. The van der Waals surface area contributed by atoms with E-state index in [1.807, 2.05) is 18.2 Å². The van der Waals surface area contributed by atoms with Gasteiger partial charge in [-0.1, -0.05) is 67.5 Å². The zero-order valence-electron chi connectivity index (χ0n) is 25.0. The van der Waals surface area contributed by atoms with Crippen molar-refractivity contribution in [3.63, 3.8) is 0 Å². The van der Waals surface area contributed by atoms with Gasteiger partial charge in [0.1, 0.15) is 5.58 Å². The number of anilines is 2. The SMILES string of the molecule is CCN(CC)c1ccc2cc(-c3cnc(N4N=C5C(=Cc6ccc(Br)cc6)CCCC5C4c4ccc(Br)cc4)s3)c(=O)oc2c1. The molecule has 0 amide bonds. The van der Waals surface area contributed by atoms with Crippen molar-refractivity contribution in [2.75, 3.05) is 23.0 Å². The molecule has 9 heteroatoms. The standard InChI is InChI=1S/C36H32Br2N4O2S/c1-3-41(4-2)28-17-12-24-19-30(35(43)44-31(24)20-28)32-21-39-36(45-32)42-34(23-10-15-27(38)16-11-23)29-7-5-6-25(33(29)40-42)18-22-8-13-26(37)14-9-22/h8-21,29,34H,3-7H2,1-2H3. The lowest BCUT2D eigenvalue weighted by atomic mass is 9.77. The van der Waals surface area contributed by atoms with Crippen LogP contribution in [0.3, 0.4) is 0 Å². The van der Waals surface area contributed by atoms with Crippen LogP contribution < -0.4 is 15.5 Å². The maximum atomic E-state index is 13.3. The Morgan fingerprint density at radius 3 is 2.47 bits per heavy atom. The Kier molecular flexibility index (Phi) is 8.50. The number of fused-ring (bicyclic) bond motifs is 2. The van der Waals surface area contributed by atoms with E-state index in [1.54, 1.807) is 6.20 Å². The molecule has 5 aromatic rings. The Morgan fingerprint density at radius 2 is 1.73 bits per heavy atom. The Morgan fingerprint density at radius 1 is 1.00 bits per heavy atom. The molecular formula is C36H32Br2N4O2S. The fourth-order valence-electron chi connectivity index (χ4n) is 6.46.